The molecule has 0 aliphatic rings. The minimum Gasteiger partial charge on any atom is -0.462 e. The fraction of sp³-hybridized carbons (Fsp3) is 0.758. The summed E-state index contributed by atoms with van der Waals surface area (Å²) in [6.07, 6.45) is 72.0. The summed E-state index contributed by atoms with van der Waals surface area (Å²) in [6, 6.07) is 0. The number of hydrogen-bond donors (Lipinski definition) is 0. The van der Waals surface area contributed by atoms with Crippen LogP contribution in [0.4, 0.5) is 0 Å². The number of rotatable bonds is 52. The third-order valence-corrected chi connectivity index (χ3v) is 12.4. The van der Waals surface area contributed by atoms with Gasteiger partial charge >= 0.3 is 17.9 Å². The van der Waals surface area contributed by atoms with Gasteiger partial charge in [-0.15, -0.1) is 0 Å². The molecule has 0 heterocycles. The van der Waals surface area contributed by atoms with Gasteiger partial charge in [0.15, 0.2) is 6.10 Å². The molecule has 68 heavy (non-hydrogen) atoms. The van der Waals surface area contributed by atoms with Gasteiger partial charge < -0.3 is 14.2 Å². The first-order valence-corrected chi connectivity index (χ1v) is 28.9. The Morgan fingerprint density at radius 2 is 0.574 bits per heavy atom. The average Bonchev–Trinajstić information content (AvgIpc) is 3.34. The molecule has 0 N–H and O–H groups in total. The Morgan fingerprint density at radius 3 is 0.926 bits per heavy atom. The third-order valence-electron chi connectivity index (χ3n) is 12.4. The molecule has 0 fully saturated rings. The van der Waals surface area contributed by atoms with E-state index in [-0.39, 0.29) is 31.1 Å². The van der Waals surface area contributed by atoms with E-state index in [1.54, 1.807) is 0 Å². The van der Waals surface area contributed by atoms with Crippen LogP contribution in [-0.4, -0.2) is 37.2 Å². The van der Waals surface area contributed by atoms with E-state index >= 15 is 0 Å². The summed E-state index contributed by atoms with van der Waals surface area (Å²) in [5.74, 6) is -0.883. The van der Waals surface area contributed by atoms with Gasteiger partial charge in [-0.1, -0.05) is 248 Å². The van der Waals surface area contributed by atoms with Crippen LogP contribution in [-0.2, 0) is 28.6 Å². The molecule has 1 unspecified atom stereocenters. The van der Waals surface area contributed by atoms with Crippen molar-refractivity contribution >= 4 is 17.9 Å². The molecule has 0 aromatic rings. The molecular weight excluding hydrogens is 841 g/mol. The van der Waals surface area contributed by atoms with Crippen LogP contribution in [0.3, 0.4) is 0 Å². The van der Waals surface area contributed by atoms with Gasteiger partial charge in [0.25, 0.3) is 0 Å². The zero-order chi connectivity index (χ0) is 49.3. The number of carbonyl (C=O) groups is 3. The quantitative estimate of drug-likeness (QED) is 0.0262. The monoisotopic (exact) mass is 949 g/mol. The molecule has 0 saturated carbocycles. The largest absolute Gasteiger partial charge is 0.462 e. The number of esters is 3. The lowest BCUT2D eigenvalue weighted by Gasteiger charge is -2.18. The van der Waals surface area contributed by atoms with E-state index in [2.05, 4.69) is 93.7 Å². The predicted molar refractivity (Wildman–Crippen MR) is 293 cm³/mol. The van der Waals surface area contributed by atoms with Gasteiger partial charge in [-0.25, -0.2) is 0 Å². The Bertz CT molecular complexity index is 1270. The lowest BCUT2D eigenvalue weighted by atomic mass is 10.0. The SMILES string of the molecule is CC/C=C\C/C=C\C/C=C\C/C=C\C/C=C\CCCCCCCCCCCCCCCC(=O)OCC(COC(=O)CCCCCCCCCC)OC(=O)CCCCCCC/C=C\CCCCCC. The van der Waals surface area contributed by atoms with Crippen LogP contribution < -0.4 is 0 Å². The molecule has 0 spiro atoms. The van der Waals surface area contributed by atoms with E-state index in [0.29, 0.717) is 19.3 Å². The van der Waals surface area contributed by atoms with Gasteiger partial charge in [-0.2, -0.15) is 0 Å². The van der Waals surface area contributed by atoms with Gasteiger partial charge in [0.2, 0.25) is 0 Å². The minimum absolute atomic E-state index is 0.0760. The standard InChI is InChI=1S/C62H108O6/c1-4-7-10-13-16-19-21-23-24-25-26-27-28-29-30-31-32-33-34-35-36-37-38-40-41-43-46-49-52-55-61(64)67-58-59(57-66-60(63)54-51-48-45-18-15-12-9-6-3)68-62(65)56-53-50-47-44-42-39-22-20-17-14-11-8-5-2/h7,10,16,19-20,22-24,26-27,29-30,59H,4-6,8-9,11-15,17-18,21,25,28,31-58H2,1-3H3/b10-7-,19-16-,22-20-,24-23-,27-26-,30-29-. The lowest BCUT2D eigenvalue weighted by Crippen LogP contribution is -2.30. The fourth-order valence-corrected chi connectivity index (χ4v) is 8.11. The van der Waals surface area contributed by atoms with Crippen molar-refractivity contribution in [1.29, 1.82) is 0 Å². The van der Waals surface area contributed by atoms with Crippen LogP contribution in [0.15, 0.2) is 72.9 Å². The maximum absolute atomic E-state index is 12.8. The van der Waals surface area contributed by atoms with E-state index in [1.165, 1.54) is 141 Å². The van der Waals surface area contributed by atoms with Gasteiger partial charge in [-0.05, 0) is 89.9 Å². The summed E-state index contributed by atoms with van der Waals surface area (Å²) in [7, 11) is 0. The Hall–Kier alpha value is -3.15. The Labute approximate surface area is 421 Å². The molecule has 6 nitrogen and oxygen atoms in total. The molecule has 0 rings (SSSR count). The molecule has 0 saturated heterocycles. The first-order chi connectivity index (χ1) is 33.5. The average molecular weight is 950 g/mol. The normalized spacial score (nSPS) is 12.6. The van der Waals surface area contributed by atoms with E-state index < -0.39 is 6.10 Å². The molecule has 0 amide bonds. The summed E-state index contributed by atoms with van der Waals surface area (Å²) < 4.78 is 16.8. The minimum atomic E-state index is -0.775. The van der Waals surface area contributed by atoms with Crippen LogP contribution in [0, 0.1) is 0 Å². The highest BCUT2D eigenvalue weighted by Gasteiger charge is 2.19. The highest BCUT2D eigenvalue weighted by molar-refractivity contribution is 5.71. The van der Waals surface area contributed by atoms with Crippen molar-refractivity contribution in [3.8, 4) is 0 Å². The summed E-state index contributed by atoms with van der Waals surface area (Å²) >= 11 is 0. The number of allylic oxidation sites excluding steroid dienone is 12. The number of ether oxygens (including phenoxy) is 3. The molecule has 0 bridgehead atoms. The van der Waals surface area contributed by atoms with Crippen molar-refractivity contribution in [3.63, 3.8) is 0 Å². The van der Waals surface area contributed by atoms with E-state index in [1.807, 2.05) is 0 Å². The van der Waals surface area contributed by atoms with Crippen LogP contribution in [0.2, 0.25) is 0 Å². The first kappa shape index (κ1) is 64.8. The summed E-state index contributed by atoms with van der Waals surface area (Å²) in [4.78, 5) is 37.9. The zero-order valence-electron chi connectivity index (χ0n) is 44.9. The second-order valence-electron chi connectivity index (χ2n) is 19.2. The maximum Gasteiger partial charge on any atom is 0.306 e. The second-order valence-corrected chi connectivity index (χ2v) is 19.2. The van der Waals surface area contributed by atoms with Crippen molar-refractivity contribution in [2.24, 2.45) is 0 Å². The smallest absolute Gasteiger partial charge is 0.306 e. The summed E-state index contributed by atoms with van der Waals surface area (Å²) in [5.41, 5.74) is 0. The highest BCUT2D eigenvalue weighted by Crippen LogP contribution is 2.16. The molecule has 0 aliphatic heterocycles. The predicted octanol–water partition coefficient (Wildman–Crippen LogP) is 19.4. The van der Waals surface area contributed by atoms with Gasteiger partial charge in [0.1, 0.15) is 13.2 Å². The summed E-state index contributed by atoms with van der Waals surface area (Å²) in [5, 5.41) is 0. The van der Waals surface area contributed by atoms with Gasteiger partial charge in [-0.3, -0.25) is 14.4 Å². The van der Waals surface area contributed by atoms with Crippen molar-refractivity contribution in [2.75, 3.05) is 13.2 Å². The zero-order valence-corrected chi connectivity index (χ0v) is 44.9. The van der Waals surface area contributed by atoms with Crippen molar-refractivity contribution in [3.05, 3.63) is 72.9 Å². The molecule has 6 heteroatoms. The van der Waals surface area contributed by atoms with Crippen molar-refractivity contribution in [1.82, 2.24) is 0 Å². The molecule has 0 aromatic heterocycles. The fourth-order valence-electron chi connectivity index (χ4n) is 8.11. The van der Waals surface area contributed by atoms with Crippen LogP contribution in [0.5, 0.6) is 0 Å². The molecule has 1 atom stereocenters. The lowest BCUT2D eigenvalue weighted by molar-refractivity contribution is -0.167. The van der Waals surface area contributed by atoms with Crippen LogP contribution in [0.1, 0.15) is 284 Å². The van der Waals surface area contributed by atoms with Crippen LogP contribution in [0.25, 0.3) is 0 Å². The first-order valence-electron chi connectivity index (χ1n) is 28.9. The summed E-state index contributed by atoms with van der Waals surface area (Å²) in [6.45, 7) is 6.49. The van der Waals surface area contributed by atoms with E-state index in [0.717, 1.165) is 103 Å². The number of unbranched alkanes of at least 4 members (excludes halogenated alkanes) is 29. The number of hydrogen-bond acceptors (Lipinski definition) is 6. The maximum atomic E-state index is 12.8. The Balaban J connectivity index is 4.11. The van der Waals surface area contributed by atoms with Crippen molar-refractivity contribution < 1.29 is 28.6 Å². The Morgan fingerprint density at radius 1 is 0.309 bits per heavy atom. The second kappa shape index (κ2) is 56.4. The van der Waals surface area contributed by atoms with E-state index in [4.69, 9.17) is 14.2 Å². The molecule has 392 valence electrons. The molecule has 0 aliphatic carbocycles. The topological polar surface area (TPSA) is 78.9 Å². The molecule has 0 radical (unpaired) electrons. The molecule has 0 aromatic carbocycles. The number of carbonyl (C=O) groups excluding carboxylic acids is 3. The van der Waals surface area contributed by atoms with Gasteiger partial charge in [0, 0.05) is 19.3 Å². The van der Waals surface area contributed by atoms with Crippen molar-refractivity contribution in [2.45, 2.75) is 290 Å². The van der Waals surface area contributed by atoms with Gasteiger partial charge in [0.05, 0.1) is 0 Å². The van der Waals surface area contributed by atoms with E-state index in [9.17, 15) is 14.4 Å². The third kappa shape index (κ3) is 53.8. The van der Waals surface area contributed by atoms with Crippen LogP contribution >= 0.6 is 0 Å². The molecular formula is C62H108O6. The highest BCUT2D eigenvalue weighted by atomic mass is 16.6. The Kier molecular flexibility index (Phi) is 53.8.